The van der Waals surface area contributed by atoms with Gasteiger partial charge in [0.25, 0.3) is 11.5 Å². The highest BCUT2D eigenvalue weighted by molar-refractivity contribution is 6.32. The first-order valence-electron chi connectivity index (χ1n) is 8.29. The summed E-state index contributed by atoms with van der Waals surface area (Å²) in [5, 5.41) is 24.9. The van der Waals surface area contributed by atoms with Gasteiger partial charge in [-0.2, -0.15) is 15.4 Å². The second kappa shape index (κ2) is 6.57. The number of nitrogens with one attached hydrogen (secondary N) is 1. The first-order valence-corrected chi connectivity index (χ1v) is 8.29. The van der Waals surface area contributed by atoms with E-state index in [4.69, 9.17) is 5.26 Å². The lowest BCUT2D eigenvalue weighted by atomic mass is 10.0. The number of carbonyl (C=O) groups excluding carboxylic acids is 1. The van der Waals surface area contributed by atoms with Gasteiger partial charge in [0.1, 0.15) is 11.6 Å². The van der Waals surface area contributed by atoms with Crippen LogP contribution < -0.4 is 10.6 Å². The van der Waals surface area contributed by atoms with E-state index in [0.29, 0.717) is 17.0 Å². The number of rotatable bonds is 2. The van der Waals surface area contributed by atoms with Crippen LogP contribution in [0.1, 0.15) is 34.7 Å². The second-order valence-electron chi connectivity index (χ2n) is 6.46. The van der Waals surface area contributed by atoms with E-state index in [0.717, 1.165) is 11.1 Å². The summed E-state index contributed by atoms with van der Waals surface area (Å²) in [6.07, 6.45) is 1.45. The smallest absolute Gasteiger partial charge is 0.280 e. The molecule has 0 radical (unpaired) electrons. The Labute approximate surface area is 155 Å². The van der Waals surface area contributed by atoms with Crippen LogP contribution in [0.2, 0.25) is 0 Å². The first-order chi connectivity index (χ1) is 12.7. The Balaban J connectivity index is 2.09. The van der Waals surface area contributed by atoms with Crippen LogP contribution >= 0.6 is 0 Å². The van der Waals surface area contributed by atoms with Gasteiger partial charge in [-0.25, -0.2) is 0 Å². The number of aromatic amines is 1. The van der Waals surface area contributed by atoms with Gasteiger partial charge in [-0.1, -0.05) is 6.07 Å². The molecule has 2 N–H and O–H groups in total. The molecule has 136 valence electrons. The zero-order valence-electron chi connectivity index (χ0n) is 15.4. The minimum absolute atomic E-state index is 0.106. The van der Waals surface area contributed by atoms with Crippen molar-refractivity contribution in [1.82, 2.24) is 4.98 Å². The number of benzene rings is 1. The van der Waals surface area contributed by atoms with Crippen molar-refractivity contribution in [2.75, 3.05) is 5.01 Å². The molecule has 0 saturated heterocycles. The lowest BCUT2D eigenvalue weighted by molar-refractivity contribution is -0.114. The Hall–Kier alpha value is -3.66. The van der Waals surface area contributed by atoms with Crippen molar-refractivity contribution < 1.29 is 9.90 Å². The minimum Gasteiger partial charge on any atom is -0.494 e. The SMILES string of the molecule is CC1=NN(c2ccc(C)c(C)c2)C(=O)C1=Cc1c(O)[nH]c(=O)c(C#N)c1C. The van der Waals surface area contributed by atoms with E-state index in [9.17, 15) is 14.7 Å². The Morgan fingerprint density at radius 1 is 1.19 bits per heavy atom. The second-order valence-corrected chi connectivity index (χ2v) is 6.46. The Morgan fingerprint density at radius 2 is 1.89 bits per heavy atom. The van der Waals surface area contributed by atoms with Gasteiger partial charge in [-0.15, -0.1) is 0 Å². The molecule has 0 unspecified atom stereocenters. The lowest BCUT2D eigenvalue weighted by Crippen LogP contribution is -2.21. The standard InChI is InChI=1S/C20H18N4O3/c1-10-5-6-14(7-11(10)2)24-20(27)16(13(4)23-24)8-15-12(3)17(9-21)19(26)22-18(15)25/h5-8H,1-4H3,(H2,22,25,26). The molecular formula is C20H18N4O3. The van der Waals surface area contributed by atoms with Crippen LogP contribution in [0.5, 0.6) is 5.88 Å². The van der Waals surface area contributed by atoms with Crippen LogP contribution in [0, 0.1) is 32.1 Å². The molecule has 3 rings (SSSR count). The lowest BCUT2D eigenvalue weighted by Gasteiger charge is -2.13. The molecule has 1 amide bonds. The molecule has 0 saturated carbocycles. The highest BCUT2D eigenvalue weighted by atomic mass is 16.3. The zero-order chi connectivity index (χ0) is 19.9. The third-order valence-corrected chi connectivity index (χ3v) is 4.69. The molecule has 0 aliphatic carbocycles. The summed E-state index contributed by atoms with van der Waals surface area (Å²) >= 11 is 0. The van der Waals surface area contributed by atoms with E-state index in [-0.39, 0.29) is 22.6 Å². The van der Waals surface area contributed by atoms with Crippen molar-refractivity contribution >= 4 is 23.4 Å². The number of pyridine rings is 1. The van der Waals surface area contributed by atoms with Crippen LogP contribution in [-0.4, -0.2) is 21.7 Å². The number of hydrogen-bond donors (Lipinski definition) is 2. The van der Waals surface area contributed by atoms with E-state index in [2.05, 4.69) is 10.1 Å². The first kappa shape index (κ1) is 18.1. The molecule has 7 nitrogen and oxygen atoms in total. The van der Waals surface area contributed by atoms with Crippen LogP contribution in [0.4, 0.5) is 5.69 Å². The van der Waals surface area contributed by atoms with E-state index < -0.39 is 11.4 Å². The number of anilines is 1. The van der Waals surface area contributed by atoms with Gasteiger partial charge in [0.2, 0.25) is 0 Å². The molecule has 1 aromatic carbocycles. The zero-order valence-corrected chi connectivity index (χ0v) is 15.4. The van der Waals surface area contributed by atoms with Crippen molar-refractivity contribution in [3.63, 3.8) is 0 Å². The number of amides is 1. The Bertz CT molecular complexity index is 1130. The molecule has 0 atom stereocenters. The summed E-state index contributed by atoms with van der Waals surface area (Å²) in [7, 11) is 0. The van der Waals surface area contributed by atoms with Gasteiger partial charge in [0.05, 0.1) is 17.0 Å². The fraction of sp³-hybridized carbons (Fsp3) is 0.200. The van der Waals surface area contributed by atoms with Crippen molar-refractivity contribution in [3.05, 3.63) is 61.9 Å². The number of hydrazone groups is 1. The number of hydrogen-bond acceptors (Lipinski definition) is 5. The molecule has 1 aliphatic rings. The number of carbonyl (C=O) groups is 1. The van der Waals surface area contributed by atoms with E-state index >= 15 is 0 Å². The molecule has 0 bridgehead atoms. The van der Waals surface area contributed by atoms with Crippen LogP contribution in [0.3, 0.4) is 0 Å². The fourth-order valence-electron chi connectivity index (χ4n) is 2.89. The average Bonchev–Trinajstić information content (AvgIpc) is 2.88. The largest absolute Gasteiger partial charge is 0.494 e. The normalized spacial score (nSPS) is 15.2. The highest BCUT2D eigenvalue weighted by Crippen LogP contribution is 2.29. The summed E-state index contributed by atoms with van der Waals surface area (Å²) in [4.78, 5) is 26.9. The Morgan fingerprint density at radius 3 is 2.52 bits per heavy atom. The molecule has 0 fully saturated rings. The number of nitriles is 1. The number of aromatic hydroxyl groups is 1. The topological polar surface area (TPSA) is 110 Å². The fourth-order valence-corrected chi connectivity index (χ4v) is 2.89. The van der Waals surface area contributed by atoms with Crippen molar-refractivity contribution in [1.29, 1.82) is 5.26 Å². The number of H-pyrrole nitrogens is 1. The number of aryl methyl sites for hydroxylation is 2. The van der Waals surface area contributed by atoms with Gasteiger partial charge in [-0.3, -0.25) is 14.6 Å². The molecule has 27 heavy (non-hydrogen) atoms. The van der Waals surface area contributed by atoms with Gasteiger partial charge in [0, 0.05) is 5.56 Å². The maximum absolute atomic E-state index is 12.9. The summed E-state index contributed by atoms with van der Waals surface area (Å²) in [6.45, 7) is 7.18. The monoisotopic (exact) mass is 362 g/mol. The third kappa shape index (κ3) is 3.02. The summed E-state index contributed by atoms with van der Waals surface area (Å²) in [6, 6.07) is 7.43. The molecule has 1 aliphatic heterocycles. The van der Waals surface area contributed by atoms with Gasteiger partial charge >= 0.3 is 0 Å². The predicted octanol–water partition coefficient (Wildman–Crippen LogP) is 2.68. The van der Waals surface area contributed by atoms with E-state index in [1.54, 1.807) is 13.8 Å². The third-order valence-electron chi connectivity index (χ3n) is 4.69. The molecular weight excluding hydrogens is 344 g/mol. The molecule has 2 heterocycles. The minimum atomic E-state index is -0.672. The van der Waals surface area contributed by atoms with Crippen LogP contribution in [0.25, 0.3) is 6.08 Å². The number of nitrogens with zero attached hydrogens (tertiary/aromatic N) is 3. The van der Waals surface area contributed by atoms with Crippen molar-refractivity contribution in [3.8, 4) is 11.9 Å². The van der Waals surface area contributed by atoms with Crippen LogP contribution in [-0.2, 0) is 4.79 Å². The van der Waals surface area contributed by atoms with E-state index in [1.165, 1.54) is 11.1 Å². The number of aromatic nitrogens is 1. The predicted molar refractivity (Wildman–Crippen MR) is 103 cm³/mol. The van der Waals surface area contributed by atoms with Gasteiger partial charge < -0.3 is 5.11 Å². The van der Waals surface area contributed by atoms with Gasteiger partial charge in [-0.05, 0) is 62.6 Å². The molecule has 1 aromatic heterocycles. The quantitative estimate of drug-likeness (QED) is 0.800. The maximum atomic E-state index is 12.9. The summed E-state index contributed by atoms with van der Waals surface area (Å²) < 4.78 is 0. The average molecular weight is 362 g/mol. The van der Waals surface area contributed by atoms with Gasteiger partial charge in [0.15, 0.2) is 5.88 Å². The molecule has 2 aromatic rings. The summed E-state index contributed by atoms with van der Waals surface area (Å²) in [5.41, 5.74) is 3.29. The maximum Gasteiger partial charge on any atom is 0.280 e. The highest BCUT2D eigenvalue weighted by Gasteiger charge is 2.29. The van der Waals surface area contributed by atoms with Crippen molar-refractivity contribution in [2.45, 2.75) is 27.7 Å². The molecule has 0 spiro atoms. The summed E-state index contributed by atoms with van der Waals surface area (Å²) in [5.74, 6) is -0.742. The van der Waals surface area contributed by atoms with Crippen molar-refractivity contribution in [2.24, 2.45) is 5.10 Å². The van der Waals surface area contributed by atoms with Crippen LogP contribution in [0.15, 0.2) is 33.7 Å². The Kier molecular flexibility index (Phi) is 4.42. The molecule has 7 heteroatoms. The van der Waals surface area contributed by atoms with E-state index in [1.807, 2.05) is 38.1 Å².